The summed E-state index contributed by atoms with van der Waals surface area (Å²) in [5, 5.41) is 8.89. The van der Waals surface area contributed by atoms with Crippen molar-refractivity contribution in [2.24, 2.45) is 0 Å². The van der Waals surface area contributed by atoms with Gasteiger partial charge in [-0.1, -0.05) is 19.3 Å². The second kappa shape index (κ2) is 4.82. The Kier molecular flexibility index (Phi) is 3.13. The topological polar surface area (TPSA) is 47.3 Å². The smallest absolute Gasteiger partial charge is 0.249 e. The number of rotatable bonds is 1. The van der Waals surface area contributed by atoms with Gasteiger partial charge in [0, 0.05) is 12.7 Å². The predicted octanol–water partition coefficient (Wildman–Crippen LogP) is 2.50. The summed E-state index contributed by atoms with van der Waals surface area (Å²) in [6, 6.07) is 9.71. The molecule has 2 aliphatic rings. The summed E-state index contributed by atoms with van der Waals surface area (Å²) in [5.74, 6) is 0.251. The Hall–Kier alpha value is -2.02. The number of likely N-dealkylation sites (N-methyl/N-ethyl adjacent to an activating group) is 1. The maximum absolute atomic E-state index is 12.6. The quantitative estimate of drug-likeness (QED) is 0.787. The van der Waals surface area contributed by atoms with E-state index in [0.717, 1.165) is 31.4 Å². The van der Waals surface area contributed by atoms with Crippen molar-refractivity contribution in [1.29, 1.82) is 5.26 Å². The van der Waals surface area contributed by atoms with E-state index >= 15 is 0 Å². The highest BCUT2D eigenvalue weighted by Crippen LogP contribution is 2.41. The minimum Gasteiger partial charge on any atom is -0.339 e. The van der Waals surface area contributed by atoms with Crippen LogP contribution in [0, 0.1) is 11.3 Å². The fraction of sp³-hybridized carbons (Fsp3) is 0.500. The molecule has 0 aromatic heterocycles. The first kappa shape index (κ1) is 13.0. The van der Waals surface area contributed by atoms with E-state index in [9.17, 15) is 4.79 Å². The van der Waals surface area contributed by atoms with Crippen molar-refractivity contribution in [1.82, 2.24) is 4.90 Å². The summed E-state index contributed by atoms with van der Waals surface area (Å²) in [7, 11) is 1.88. The van der Waals surface area contributed by atoms with Crippen molar-refractivity contribution < 1.29 is 4.79 Å². The fourth-order valence-corrected chi connectivity index (χ4v) is 3.55. The normalized spacial score (nSPS) is 21.3. The van der Waals surface area contributed by atoms with E-state index < -0.39 is 0 Å². The number of anilines is 1. The zero-order chi connectivity index (χ0) is 14.2. The average Bonchev–Trinajstić information content (AvgIpc) is 2.74. The molecule has 3 rings (SSSR count). The molecular weight excluding hydrogens is 250 g/mol. The minimum absolute atomic E-state index is 0.251. The van der Waals surface area contributed by atoms with Crippen molar-refractivity contribution in [2.75, 3.05) is 18.6 Å². The van der Waals surface area contributed by atoms with E-state index in [1.165, 1.54) is 6.42 Å². The van der Waals surface area contributed by atoms with Crippen LogP contribution in [0.4, 0.5) is 5.69 Å². The van der Waals surface area contributed by atoms with Crippen LogP contribution in [-0.4, -0.2) is 30.1 Å². The lowest BCUT2D eigenvalue weighted by atomic mass is 9.80. The predicted molar refractivity (Wildman–Crippen MR) is 77.1 cm³/mol. The van der Waals surface area contributed by atoms with Gasteiger partial charge in [-0.2, -0.15) is 5.26 Å². The van der Waals surface area contributed by atoms with Crippen molar-refractivity contribution in [3.63, 3.8) is 0 Å². The van der Waals surface area contributed by atoms with Crippen molar-refractivity contribution in [2.45, 2.75) is 37.6 Å². The van der Waals surface area contributed by atoms with Gasteiger partial charge in [-0.05, 0) is 37.1 Å². The summed E-state index contributed by atoms with van der Waals surface area (Å²) in [4.78, 5) is 16.7. The number of amides is 1. The Morgan fingerprint density at radius 1 is 1.15 bits per heavy atom. The van der Waals surface area contributed by atoms with Gasteiger partial charge in [0.25, 0.3) is 0 Å². The van der Waals surface area contributed by atoms with Gasteiger partial charge >= 0.3 is 0 Å². The van der Waals surface area contributed by atoms with E-state index in [1.54, 1.807) is 0 Å². The highest BCUT2D eigenvalue weighted by atomic mass is 16.2. The Balaban J connectivity index is 1.97. The van der Waals surface area contributed by atoms with E-state index in [-0.39, 0.29) is 11.4 Å². The lowest BCUT2D eigenvalue weighted by molar-refractivity contribution is -0.132. The molecule has 1 aliphatic heterocycles. The van der Waals surface area contributed by atoms with Gasteiger partial charge in [-0.15, -0.1) is 0 Å². The third-order valence-corrected chi connectivity index (χ3v) is 4.60. The molecule has 104 valence electrons. The average molecular weight is 269 g/mol. The van der Waals surface area contributed by atoms with Crippen molar-refractivity contribution >= 4 is 11.6 Å². The molecular formula is C16H19N3O. The summed E-state index contributed by atoms with van der Waals surface area (Å²) >= 11 is 0. The lowest BCUT2D eigenvalue weighted by Crippen LogP contribution is -2.50. The van der Waals surface area contributed by atoms with Gasteiger partial charge in [-0.25, -0.2) is 0 Å². The number of carbonyl (C=O) groups excluding carboxylic acids is 1. The molecule has 1 saturated carbocycles. The Labute approximate surface area is 119 Å². The maximum Gasteiger partial charge on any atom is 0.249 e. The van der Waals surface area contributed by atoms with Crippen LogP contribution in [0.25, 0.3) is 0 Å². The van der Waals surface area contributed by atoms with Gasteiger partial charge in [0.15, 0.2) is 0 Å². The summed E-state index contributed by atoms with van der Waals surface area (Å²) in [6.45, 7) is 0.644. The number of benzene rings is 1. The lowest BCUT2D eigenvalue weighted by Gasteiger charge is -2.39. The molecule has 4 nitrogen and oxygen atoms in total. The zero-order valence-electron chi connectivity index (χ0n) is 11.8. The number of hydrogen-bond acceptors (Lipinski definition) is 3. The highest BCUT2D eigenvalue weighted by molar-refractivity contribution is 5.93. The van der Waals surface area contributed by atoms with Crippen molar-refractivity contribution in [3.05, 3.63) is 29.8 Å². The number of nitriles is 1. The fourth-order valence-electron chi connectivity index (χ4n) is 3.55. The van der Waals surface area contributed by atoms with Crippen molar-refractivity contribution in [3.8, 4) is 6.07 Å². The van der Waals surface area contributed by atoms with Crippen LogP contribution in [-0.2, 0) is 4.79 Å². The molecule has 1 heterocycles. The molecule has 1 aromatic rings. The molecule has 0 atom stereocenters. The molecule has 1 spiro atoms. The largest absolute Gasteiger partial charge is 0.339 e. The molecule has 4 heteroatoms. The molecule has 20 heavy (non-hydrogen) atoms. The van der Waals surface area contributed by atoms with Crippen LogP contribution in [0.1, 0.15) is 37.7 Å². The molecule has 0 N–H and O–H groups in total. The molecule has 1 amide bonds. The molecule has 1 aromatic carbocycles. The monoisotopic (exact) mass is 269 g/mol. The minimum atomic E-state index is -0.346. The second-order valence-corrected chi connectivity index (χ2v) is 5.82. The second-order valence-electron chi connectivity index (χ2n) is 5.82. The Bertz CT molecular complexity index is 552. The van der Waals surface area contributed by atoms with E-state index in [4.69, 9.17) is 5.26 Å². The molecule has 1 aliphatic carbocycles. The standard InChI is InChI=1S/C16H19N3O/c1-18-12-19(14-7-5-13(11-17)6-8-14)16(15(18)20)9-3-2-4-10-16/h5-8H,2-4,9-10,12H2,1H3. The van der Waals surface area contributed by atoms with Gasteiger partial charge in [-0.3, -0.25) is 4.79 Å². The van der Waals surface area contributed by atoms with E-state index in [1.807, 2.05) is 36.2 Å². The van der Waals surface area contributed by atoms with E-state index in [0.29, 0.717) is 12.2 Å². The third kappa shape index (κ3) is 1.85. The third-order valence-electron chi connectivity index (χ3n) is 4.60. The first-order valence-electron chi connectivity index (χ1n) is 7.21. The summed E-state index contributed by atoms with van der Waals surface area (Å²) in [5.41, 5.74) is 1.36. The first-order valence-corrected chi connectivity index (χ1v) is 7.21. The number of hydrogen-bond donors (Lipinski definition) is 0. The van der Waals surface area contributed by atoms with Gasteiger partial charge in [0.05, 0.1) is 18.3 Å². The Morgan fingerprint density at radius 3 is 2.40 bits per heavy atom. The molecule has 0 radical (unpaired) electrons. The van der Waals surface area contributed by atoms with Gasteiger partial charge in [0.2, 0.25) is 5.91 Å². The molecule has 0 bridgehead atoms. The number of nitrogens with zero attached hydrogens (tertiary/aromatic N) is 3. The van der Waals surface area contributed by atoms with E-state index in [2.05, 4.69) is 11.0 Å². The van der Waals surface area contributed by atoms with Crippen LogP contribution in [0.5, 0.6) is 0 Å². The highest BCUT2D eigenvalue weighted by Gasteiger charge is 2.51. The SMILES string of the molecule is CN1CN(c2ccc(C#N)cc2)C2(CCCCC2)C1=O. The van der Waals surface area contributed by atoms with Crippen LogP contribution in [0.15, 0.2) is 24.3 Å². The van der Waals surface area contributed by atoms with Crippen LogP contribution < -0.4 is 4.90 Å². The summed E-state index contributed by atoms with van der Waals surface area (Å²) in [6.07, 6.45) is 5.34. The Morgan fingerprint density at radius 2 is 1.80 bits per heavy atom. The van der Waals surface area contributed by atoms with Crippen LogP contribution in [0.2, 0.25) is 0 Å². The molecule has 1 saturated heterocycles. The molecule has 0 unspecified atom stereocenters. The first-order chi connectivity index (χ1) is 9.67. The molecule has 2 fully saturated rings. The number of carbonyl (C=O) groups is 1. The maximum atomic E-state index is 12.6. The zero-order valence-corrected chi connectivity index (χ0v) is 11.8. The van der Waals surface area contributed by atoms with Crippen LogP contribution >= 0.6 is 0 Å². The van der Waals surface area contributed by atoms with Gasteiger partial charge in [0.1, 0.15) is 5.54 Å². The van der Waals surface area contributed by atoms with Crippen LogP contribution in [0.3, 0.4) is 0 Å². The summed E-state index contributed by atoms with van der Waals surface area (Å²) < 4.78 is 0. The van der Waals surface area contributed by atoms with Gasteiger partial charge < -0.3 is 9.80 Å².